The molecule has 2 aromatic rings. The average molecular weight is 311 g/mol. The Kier molecular flexibility index (Phi) is 3.65. The first kappa shape index (κ1) is 14.5. The van der Waals surface area contributed by atoms with Crippen LogP contribution in [0.2, 0.25) is 0 Å². The van der Waals surface area contributed by atoms with Gasteiger partial charge in [-0.1, -0.05) is 29.8 Å². The molecule has 3 fully saturated rings. The second-order valence-electron chi connectivity index (χ2n) is 6.61. The maximum atomic E-state index is 12.4. The van der Waals surface area contributed by atoms with Crippen molar-refractivity contribution in [2.75, 3.05) is 19.6 Å². The Morgan fingerprint density at radius 3 is 2.65 bits per heavy atom. The zero-order valence-corrected chi connectivity index (χ0v) is 13.3. The van der Waals surface area contributed by atoms with Crippen molar-refractivity contribution < 1.29 is 9.21 Å². The van der Waals surface area contributed by atoms with Crippen LogP contribution in [-0.4, -0.2) is 41.5 Å². The third-order valence-electron chi connectivity index (χ3n) is 5.01. The van der Waals surface area contributed by atoms with Crippen LogP contribution in [-0.2, 0) is 0 Å². The number of hydrogen-bond acceptors (Lipinski definition) is 4. The van der Waals surface area contributed by atoms with Gasteiger partial charge in [0.1, 0.15) is 0 Å². The summed E-state index contributed by atoms with van der Waals surface area (Å²) in [5, 5.41) is 3.10. The molecule has 23 heavy (non-hydrogen) atoms. The first-order chi connectivity index (χ1) is 11.2. The van der Waals surface area contributed by atoms with Crippen LogP contribution >= 0.6 is 0 Å². The van der Waals surface area contributed by atoms with Gasteiger partial charge in [0, 0.05) is 18.2 Å². The Bertz CT molecular complexity index is 699. The maximum absolute atomic E-state index is 12.4. The molecular formula is C18H21N3O2. The Labute approximate surface area is 135 Å². The summed E-state index contributed by atoms with van der Waals surface area (Å²) in [6.45, 7) is 5.31. The van der Waals surface area contributed by atoms with E-state index in [1.165, 1.54) is 18.4 Å². The number of aryl methyl sites for hydroxylation is 1. The number of rotatable bonds is 3. The molecule has 3 saturated heterocycles. The summed E-state index contributed by atoms with van der Waals surface area (Å²) in [5.41, 5.74) is 2.12. The molecule has 1 aromatic heterocycles. The second kappa shape index (κ2) is 5.81. The highest BCUT2D eigenvalue weighted by atomic mass is 16.4. The van der Waals surface area contributed by atoms with E-state index in [9.17, 15) is 4.79 Å². The topological polar surface area (TPSA) is 58.4 Å². The summed E-state index contributed by atoms with van der Waals surface area (Å²) in [7, 11) is 0. The maximum Gasteiger partial charge on any atom is 0.307 e. The molecule has 3 aliphatic rings. The van der Waals surface area contributed by atoms with Gasteiger partial charge >= 0.3 is 5.91 Å². The highest BCUT2D eigenvalue weighted by Crippen LogP contribution is 2.28. The minimum atomic E-state index is -0.206. The first-order valence-corrected chi connectivity index (χ1v) is 8.25. The van der Waals surface area contributed by atoms with Crippen molar-refractivity contribution in [2.45, 2.75) is 25.8 Å². The van der Waals surface area contributed by atoms with Gasteiger partial charge in [0.05, 0.1) is 6.20 Å². The lowest BCUT2D eigenvalue weighted by Crippen LogP contribution is -2.57. The number of piperidine rings is 3. The van der Waals surface area contributed by atoms with Gasteiger partial charge in [-0.15, -0.1) is 0 Å². The molecule has 1 atom stereocenters. The van der Waals surface area contributed by atoms with Gasteiger partial charge in [0.2, 0.25) is 0 Å². The molecule has 1 aromatic carbocycles. The van der Waals surface area contributed by atoms with Crippen LogP contribution < -0.4 is 5.32 Å². The number of amides is 1. The Morgan fingerprint density at radius 1 is 1.26 bits per heavy atom. The number of nitrogens with one attached hydrogen (secondary N) is 1. The monoisotopic (exact) mass is 311 g/mol. The van der Waals surface area contributed by atoms with E-state index >= 15 is 0 Å². The van der Waals surface area contributed by atoms with Crippen molar-refractivity contribution >= 4 is 5.91 Å². The van der Waals surface area contributed by atoms with E-state index in [1.54, 1.807) is 6.20 Å². The third kappa shape index (κ3) is 2.88. The van der Waals surface area contributed by atoms with Gasteiger partial charge in [-0.05, 0) is 38.8 Å². The largest absolute Gasteiger partial charge is 0.432 e. The van der Waals surface area contributed by atoms with Crippen LogP contribution in [0.5, 0.6) is 0 Å². The summed E-state index contributed by atoms with van der Waals surface area (Å²) in [6.07, 6.45) is 3.96. The predicted molar refractivity (Wildman–Crippen MR) is 87.1 cm³/mol. The number of carbonyl (C=O) groups is 1. The lowest BCUT2D eigenvalue weighted by atomic mass is 9.84. The standard InChI is InChI=1S/C18H21N3O2/c1-12-2-4-14(5-3-12)16-10-19-18(23-16)17(22)20-15-11-21-8-6-13(15)7-9-21/h2-5,10,13,15H,6-9,11H2,1H3,(H,20,22). The van der Waals surface area contributed by atoms with Crippen LogP contribution in [0.4, 0.5) is 0 Å². The molecule has 1 N–H and O–H groups in total. The summed E-state index contributed by atoms with van der Waals surface area (Å²) < 4.78 is 5.66. The normalized spacial score (nSPS) is 26.2. The SMILES string of the molecule is Cc1ccc(-c2cnc(C(=O)NC3CN4CCC3CC4)o2)cc1. The van der Waals surface area contributed by atoms with Crippen molar-refractivity contribution in [3.05, 3.63) is 41.9 Å². The molecule has 5 nitrogen and oxygen atoms in total. The molecule has 0 spiro atoms. The fraction of sp³-hybridized carbons (Fsp3) is 0.444. The van der Waals surface area contributed by atoms with Crippen LogP contribution in [0.25, 0.3) is 11.3 Å². The van der Waals surface area contributed by atoms with Crippen LogP contribution in [0, 0.1) is 12.8 Å². The minimum Gasteiger partial charge on any atom is -0.432 e. The van der Waals surface area contributed by atoms with E-state index in [1.807, 2.05) is 31.2 Å². The van der Waals surface area contributed by atoms with Crippen molar-refractivity contribution in [1.82, 2.24) is 15.2 Å². The summed E-state index contributed by atoms with van der Waals surface area (Å²) >= 11 is 0. The molecule has 1 unspecified atom stereocenters. The summed E-state index contributed by atoms with van der Waals surface area (Å²) in [5.74, 6) is 1.17. The van der Waals surface area contributed by atoms with Crippen LogP contribution in [0.15, 0.2) is 34.9 Å². The van der Waals surface area contributed by atoms with E-state index in [0.29, 0.717) is 11.7 Å². The molecule has 0 radical (unpaired) electrons. The highest BCUT2D eigenvalue weighted by molar-refractivity contribution is 5.90. The molecule has 0 aliphatic carbocycles. The lowest BCUT2D eigenvalue weighted by Gasteiger charge is -2.44. The number of hydrogen-bond donors (Lipinski definition) is 1. The smallest absolute Gasteiger partial charge is 0.307 e. The van der Waals surface area contributed by atoms with Crippen LogP contribution in [0.1, 0.15) is 29.1 Å². The molecule has 0 saturated carbocycles. The zero-order chi connectivity index (χ0) is 15.8. The molecule has 5 heteroatoms. The van der Waals surface area contributed by atoms with Gasteiger partial charge in [-0.2, -0.15) is 0 Å². The molecule has 5 rings (SSSR count). The third-order valence-corrected chi connectivity index (χ3v) is 5.01. The van der Waals surface area contributed by atoms with Crippen molar-refractivity contribution in [2.24, 2.45) is 5.92 Å². The number of oxazole rings is 1. The number of nitrogens with zero attached hydrogens (tertiary/aromatic N) is 2. The quantitative estimate of drug-likeness (QED) is 0.946. The molecule has 120 valence electrons. The van der Waals surface area contributed by atoms with Gasteiger partial charge in [0.25, 0.3) is 5.89 Å². The van der Waals surface area contributed by atoms with Gasteiger partial charge in [-0.25, -0.2) is 4.98 Å². The number of fused-ring (bicyclic) bond motifs is 3. The molecule has 1 amide bonds. The van der Waals surface area contributed by atoms with Crippen molar-refractivity contribution in [3.63, 3.8) is 0 Å². The van der Waals surface area contributed by atoms with Crippen LogP contribution in [0.3, 0.4) is 0 Å². The molecule has 4 heterocycles. The number of benzene rings is 1. The zero-order valence-electron chi connectivity index (χ0n) is 13.3. The molecular weight excluding hydrogens is 290 g/mol. The Balaban J connectivity index is 1.46. The van der Waals surface area contributed by atoms with E-state index in [2.05, 4.69) is 15.2 Å². The molecule has 3 aliphatic heterocycles. The minimum absolute atomic E-state index is 0.150. The highest BCUT2D eigenvalue weighted by Gasteiger charge is 2.35. The number of aromatic nitrogens is 1. The van der Waals surface area contributed by atoms with Gasteiger partial charge in [-0.3, -0.25) is 4.79 Å². The summed E-state index contributed by atoms with van der Waals surface area (Å²) in [4.78, 5) is 19.0. The number of carbonyl (C=O) groups excluding carboxylic acids is 1. The van der Waals surface area contributed by atoms with Gasteiger partial charge < -0.3 is 14.6 Å². The van der Waals surface area contributed by atoms with Crippen molar-refractivity contribution in [1.29, 1.82) is 0 Å². The van der Waals surface area contributed by atoms with E-state index in [4.69, 9.17) is 4.42 Å². The first-order valence-electron chi connectivity index (χ1n) is 8.25. The molecule has 2 bridgehead atoms. The predicted octanol–water partition coefficient (Wildman–Crippen LogP) is 2.47. The lowest BCUT2D eigenvalue weighted by molar-refractivity contribution is 0.0602. The fourth-order valence-electron chi connectivity index (χ4n) is 3.59. The van der Waals surface area contributed by atoms with Crippen molar-refractivity contribution in [3.8, 4) is 11.3 Å². The fourth-order valence-corrected chi connectivity index (χ4v) is 3.59. The second-order valence-corrected chi connectivity index (χ2v) is 6.61. The van der Waals surface area contributed by atoms with Gasteiger partial charge in [0.15, 0.2) is 5.76 Å². The Morgan fingerprint density at radius 2 is 2.00 bits per heavy atom. The van der Waals surface area contributed by atoms with E-state index < -0.39 is 0 Å². The average Bonchev–Trinajstić information content (AvgIpc) is 3.07. The van der Waals surface area contributed by atoms with E-state index in [-0.39, 0.29) is 17.8 Å². The Hall–Kier alpha value is -2.14. The summed E-state index contributed by atoms with van der Waals surface area (Å²) in [6, 6.07) is 8.21. The van der Waals surface area contributed by atoms with E-state index in [0.717, 1.165) is 25.2 Å².